The molecule has 0 aliphatic carbocycles. The summed E-state index contributed by atoms with van der Waals surface area (Å²) < 4.78 is 7.55. The van der Waals surface area contributed by atoms with Crippen molar-refractivity contribution < 1.29 is 9.53 Å². The van der Waals surface area contributed by atoms with E-state index in [2.05, 4.69) is 36.2 Å². The number of aromatic nitrogens is 2. The number of methoxy groups -OCH3 is 1. The van der Waals surface area contributed by atoms with Crippen molar-refractivity contribution in [1.29, 1.82) is 0 Å². The molecular formula is C26H23N3O2. The molecule has 0 unspecified atom stereocenters. The number of carbonyl (C=O) groups is 1. The molecule has 5 rings (SSSR count). The Balaban J connectivity index is 1.49. The molecule has 0 fully saturated rings. The predicted molar refractivity (Wildman–Crippen MR) is 122 cm³/mol. The summed E-state index contributed by atoms with van der Waals surface area (Å²) >= 11 is 0. The third kappa shape index (κ3) is 3.28. The van der Waals surface area contributed by atoms with Crippen LogP contribution in [0.3, 0.4) is 0 Å². The molecule has 31 heavy (non-hydrogen) atoms. The molecule has 0 spiro atoms. The maximum absolute atomic E-state index is 13.3. The van der Waals surface area contributed by atoms with Crippen molar-refractivity contribution in [3.8, 4) is 22.6 Å². The molecule has 0 N–H and O–H groups in total. The van der Waals surface area contributed by atoms with Gasteiger partial charge in [-0.1, -0.05) is 36.4 Å². The fraction of sp³-hybridized carbons (Fsp3) is 0.154. The van der Waals surface area contributed by atoms with Crippen molar-refractivity contribution >= 4 is 11.6 Å². The number of aryl methyl sites for hydroxylation is 2. The lowest BCUT2D eigenvalue weighted by molar-refractivity contribution is 0.0996. The second-order valence-corrected chi connectivity index (χ2v) is 7.86. The van der Waals surface area contributed by atoms with E-state index in [1.807, 2.05) is 54.1 Å². The third-order valence-electron chi connectivity index (χ3n) is 5.83. The van der Waals surface area contributed by atoms with Gasteiger partial charge in [0.2, 0.25) is 0 Å². The van der Waals surface area contributed by atoms with Crippen LogP contribution in [-0.2, 0) is 6.54 Å². The van der Waals surface area contributed by atoms with Crippen LogP contribution in [0.25, 0.3) is 16.8 Å². The topological polar surface area (TPSA) is 47.4 Å². The Kier molecular flexibility index (Phi) is 4.59. The monoisotopic (exact) mass is 409 g/mol. The first-order valence-corrected chi connectivity index (χ1v) is 10.2. The number of anilines is 1. The van der Waals surface area contributed by atoms with E-state index in [4.69, 9.17) is 4.74 Å². The van der Waals surface area contributed by atoms with E-state index < -0.39 is 0 Å². The number of nitrogens with zero attached hydrogens (tertiary/aromatic N) is 3. The quantitative estimate of drug-likeness (QED) is 0.458. The zero-order chi connectivity index (χ0) is 21.5. The third-order valence-corrected chi connectivity index (χ3v) is 5.83. The van der Waals surface area contributed by atoms with E-state index in [-0.39, 0.29) is 5.91 Å². The first-order valence-electron chi connectivity index (χ1n) is 10.2. The lowest BCUT2D eigenvalue weighted by atomic mass is 9.97. The lowest BCUT2D eigenvalue weighted by Gasteiger charge is -2.18. The minimum atomic E-state index is 0.0127. The zero-order valence-corrected chi connectivity index (χ0v) is 17.8. The van der Waals surface area contributed by atoms with E-state index >= 15 is 0 Å². The number of hydrogen-bond donors (Lipinski definition) is 0. The Labute approximate surface area is 181 Å². The van der Waals surface area contributed by atoms with Gasteiger partial charge in [-0.2, -0.15) is 0 Å². The molecule has 1 aliphatic heterocycles. The van der Waals surface area contributed by atoms with Gasteiger partial charge in [0.15, 0.2) is 0 Å². The Hall–Kier alpha value is -3.86. The largest absolute Gasteiger partial charge is 0.494 e. The zero-order valence-electron chi connectivity index (χ0n) is 17.8. The predicted octanol–water partition coefficient (Wildman–Crippen LogP) is 5.33. The standard InChI is InChI=1S/C26H23N3O2/c1-17-6-4-5-7-22(17)19-8-9-20-15-29(26(30)23(20)12-19)21-10-11-24(25(13-21)31-3)28-14-18(2)27-16-28/h4-14,16H,15H2,1-3H3. The van der Waals surface area contributed by atoms with Crippen LogP contribution in [0.4, 0.5) is 5.69 Å². The first kappa shape index (κ1) is 19.1. The van der Waals surface area contributed by atoms with Crippen molar-refractivity contribution in [2.24, 2.45) is 0 Å². The number of imidazole rings is 1. The van der Waals surface area contributed by atoms with Gasteiger partial charge in [-0.05, 0) is 54.3 Å². The molecule has 2 heterocycles. The van der Waals surface area contributed by atoms with Crippen LogP contribution in [0.15, 0.2) is 73.2 Å². The number of ether oxygens (including phenoxy) is 1. The smallest absolute Gasteiger partial charge is 0.258 e. The van der Waals surface area contributed by atoms with Gasteiger partial charge in [0.1, 0.15) is 5.75 Å². The average molecular weight is 409 g/mol. The van der Waals surface area contributed by atoms with Crippen molar-refractivity contribution in [1.82, 2.24) is 9.55 Å². The summed E-state index contributed by atoms with van der Waals surface area (Å²) in [7, 11) is 1.64. The Morgan fingerprint density at radius 2 is 1.81 bits per heavy atom. The summed E-state index contributed by atoms with van der Waals surface area (Å²) in [6, 6.07) is 20.3. The average Bonchev–Trinajstić information content (AvgIpc) is 3.36. The van der Waals surface area contributed by atoms with Gasteiger partial charge in [0, 0.05) is 23.5 Å². The maximum atomic E-state index is 13.3. The van der Waals surface area contributed by atoms with Crippen LogP contribution in [0.5, 0.6) is 5.75 Å². The fourth-order valence-electron chi connectivity index (χ4n) is 4.17. The fourth-order valence-corrected chi connectivity index (χ4v) is 4.17. The van der Waals surface area contributed by atoms with Gasteiger partial charge in [-0.15, -0.1) is 0 Å². The van der Waals surface area contributed by atoms with Crippen LogP contribution in [0.2, 0.25) is 0 Å². The highest BCUT2D eigenvalue weighted by molar-refractivity contribution is 6.10. The van der Waals surface area contributed by atoms with Crippen LogP contribution in [0.1, 0.15) is 27.2 Å². The van der Waals surface area contributed by atoms with E-state index in [1.54, 1.807) is 18.3 Å². The van der Waals surface area contributed by atoms with Gasteiger partial charge < -0.3 is 14.2 Å². The Morgan fingerprint density at radius 3 is 2.55 bits per heavy atom. The SMILES string of the molecule is COc1cc(N2Cc3ccc(-c4ccccc4C)cc3C2=O)ccc1-n1cnc(C)c1. The second kappa shape index (κ2) is 7.43. The van der Waals surface area contributed by atoms with Gasteiger partial charge >= 0.3 is 0 Å². The maximum Gasteiger partial charge on any atom is 0.258 e. The molecule has 1 aromatic heterocycles. The molecule has 5 nitrogen and oxygen atoms in total. The van der Waals surface area contributed by atoms with E-state index in [0.717, 1.165) is 39.3 Å². The van der Waals surface area contributed by atoms with Crippen LogP contribution in [-0.4, -0.2) is 22.6 Å². The normalized spacial score (nSPS) is 12.9. The molecule has 154 valence electrons. The molecule has 0 saturated heterocycles. The first-order chi connectivity index (χ1) is 15.0. The van der Waals surface area contributed by atoms with E-state index in [0.29, 0.717) is 12.3 Å². The van der Waals surface area contributed by atoms with Gasteiger partial charge in [0.05, 0.1) is 31.4 Å². The number of fused-ring (bicyclic) bond motifs is 1. The van der Waals surface area contributed by atoms with Crippen LogP contribution >= 0.6 is 0 Å². The van der Waals surface area contributed by atoms with Crippen molar-refractivity contribution in [3.63, 3.8) is 0 Å². The minimum Gasteiger partial charge on any atom is -0.494 e. The molecule has 1 aliphatic rings. The van der Waals surface area contributed by atoms with Crippen LogP contribution < -0.4 is 9.64 Å². The highest BCUT2D eigenvalue weighted by atomic mass is 16.5. The molecular weight excluding hydrogens is 386 g/mol. The van der Waals surface area contributed by atoms with E-state index in [9.17, 15) is 4.79 Å². The molecule has 0 saturated carbocycles. The molecule has 0 bridgehead atoms. The molecule has 4 aromatic rings. The number of benzene rings is 3. The number of amides is 1. The highest BCUT2D eigenvalue weighted by Gasteiger charge is 2.29. The molecule has 0 radical (unpaired) electrons. The molecule has 1 amide bonds. The molecule has 5 heteroatoms. The summed E-state index contributed by atoms with van der Waals surface area (Å²) in [5.74, 6) is 0.706. The minimum absolute atomic E-state index is 0.0127. The summed E-state index contributed by atoms with van der Waals surface area (Å²) in [4.78, 5) is 19.4. The molecule has 3 aromatic carbocycles. The Morgan fingerprint density at radius 1 is 0.968 bits per heavy atom. The highest BCUT2D eigenvalue weighted by Crippen LogP contribution is 2.35. The van der Waals surface area contributed by atoms with Crippen molar-refractivity contribution in [2.75, 3.05) is 12.0 Å². The summed E-state index contributed by atoms with van der Waals surface area (Å²) in [5, 5.41) is 0. The van der Waals surface area contributed by atoms with Gasteiger partial charge in [0.25, 0.3) is 5.91 Å². The summed E-state index contributed by atoms with van der Waals surface area (Å²) in [6.07, 6.45) is 3.71. The summed E-state index contributed by atoms with van der Waals surface area (Å²) in [6.45, 7) is 4.59. The van der Waals surface area contributed by atoms with Crippen molar-refractivity contribution in [3.05, 3.63) is 95.6 Å². The Bertz CT molecular complexity index is 1310. The lowest BCUT2D eigenvalue weighted by Crippen LogP contribution is -2.23. The van der Waals surface area contributed by atoms with Crippen molar-refractivity contribution in [2.45, 2.75) is 20.4 Å². The van der Waals surface area contributed by atoms with Gasteiger partial charge in [-0.3, -0.25) is 4.79 Å². The van der Waals surface area contributed by atoms with E-state index in [1.165, 1.54) is 5.56 Å². The van der Waals surface area contributed by atoms with Gasteiger partial charge in [-0.25, -0.2) is 4.98 Å². The number of carbonyl (C=O) groups excluding carboxylic acids is 1. The second-order valence-electron chi connectivity index (χ2n) is 7.86. The number of hydrogen-bond acceptors (Lipinski definition) is 3. The van der Waals surface area contributed by atoms with Crippen LogP contribution in [0, 0.1) is 13.8 Å². The molecule has 0 atom stereocenters. The number of rotatable bonds is 4. The summed E-state index contributed by atoms with van der Waals surface area (Å²) in [5.41, 5.74) is 7.84.